The first-order chi connectivity index (χ1) is 11.7. The Hall–Kier alpha value is -1.64. The topological polar surface area (TPSA) is 38.7 Å². The molecule has 0 radical (unpaired) electrons. The highest BCUT2D eigenvalue weighted by atomic mass is 16.5. The second-order valence-electron chi connectivity index (χ2n) is 8.69. The Morgan fingerprint density at radius 3 is 2.60 bits per heavy atom. The van der Waals surface area contributed by atoms with E-state index in [2.05, 4.69) is 46.8 Å². The van der Waals surface area contributed by atoms with E-state index in [0.29, 0.717) is 41.1 Å². The molecule has 0 amide bonds. The van der Waals surface area contributed by atoms with E-state index in [0.717, 1.165) is 24.2 Å². The normalized spacial score (nSPS) is 30.8. The summed E-state index contributed by atoms with van der Waals surface area (Å²) in [5.74, 6) is 4.13. The van der Waals surface area contributed by atoms with Crippen molar-refractivity contribution in [3.05, 3.63) is 29.8 Å². The number of ether oxygens (including phenoxy) is 2. The molecule has 0 bridgehead atoms. The first kappa shape index (κ1) is 18.2. The number of phenolic OH excluding ortho intramolecular Hbond substituents is 1. The SMILES string of the molecule is COc1cc(O)c2c(c1)OC1(C)C=CC(C(C)C)CC1C2CC(C)C. The van der Waals surface area contributed by atoms with Crippen LogP contribution in [-0.2, 0) is 0 Å². The molecule has 3 heteroatoms. The van der Waals surface area contributed by atoms with E-state index in [9.17, 15) is 5.11 Å². The maximum absolute atomic E-state index is 10.7. The minimum Gasteiger partial charge on any atom is -0.507 e. The minimum absolute atomic E-state index is 0.297. The van der Waals surface area contributed by atoms with Crippen molar-refractivity contribution in [3.8, 4) is 17.2 Å². The van der Waals surface area contributed by atoms with Crippen LogP contribution in [0.3, 0.4) is 0 Å². The van der Waals surface area contributed by atoms with Gasteiger partial charge in [-0.3, -0.25) is 0 Å². The summed E-state index contributed by atoms with van der Waals surface area (Å²) in [4.78, 5) is 0. The fraction of sp³-hybridized carbons (Fsp3) is 0.636. The van der Waals surface area contributed by atoms with Crippen LogP contribution in [0.2, 0.25) is 0 Å². The van der Waals surface area contributed by atoms with Gasteiger partial charge in [-0.25, -0.2) is 0 Å². The number of rotatable bonds is 4. The van der Waals surface area contributed by atoms with Crippen molar-refractivity contribution < 1.29 is 14.6 Å². The predicted octanol–water partition coefficient (Wildman–Crippen LogP) is 5.53. The molecule has 3 rings (SSSR count). The van der Waals surface area contributed by atoms with Gasteiger partial charge in [0.1, 0.15) is 22.8 Å². The van der Waals surface area contributed by atoms with E-state index in [1.54, 1.807) is 13.2 Å². The van der Waals surface area contributed by atoms with Crippen molar-refractivity contribution >= 4 is 0 Å². The fourth-order valence-electron chi connectivity index (χ4n) is 4.60. The summed E-state index contributed by atoms with van der Waals surface area (Å²) in [5, 5.41) is 10.7. The Bertz CT molecular complexity index is 661. The van der Waals surface area contributed by atoms with Crippen molar-refractivity contribution in [2.75, 3.05) is 7.11 Å². The molecule has 0 aromatic heterocycles. The third-order valence-corrected chi connectivity index (χ3v) is 6.03. The lowest BCUT2D eigenvalue weighted by molar-refractivity contribution is 0.00850. The van der Waals surface area contributed by atoms with Crippen LogP contribution >= 0.6 is 0 Å². The lowest BCUT2D eigenvalue weighted by atomic mass is 9.63. The summed E-state index contributed by atoms with van der Waals surface area (Å²) in [6.45, 7) is 11.3. The van der Waals surface area contributed by atoms with Crippen LogP contribution < -0.4 is 9.47 Å². The number of fused-ring (bicyclic) bond motifs is 2. The fourth-order valence-corrected chi connectivity index (χ4v) is 4.60. The monoisotopic (exact) mass is 344 g/mol. The molecule has 1 aliphatic carbocycles. The van der Waals surface area contributed by atoms with E-state index in [1.807, 2.05) is 6.07 Å². The summed E-state index contributed by atoms with van der Waals surface area (Å²) >= 11 is 0. The number of benzene rings is 1. The van der Waals surface area contributed by atoms with Gasteiger partial charge in [-0.05, 0) is 49.5 Å². The highest BCUT2D eigenvalue weighted by Crippen LogP contribution is 2.56. The van der Waals surface area contributed by atoms with E-state index in [4.69, 9.17) is 9.47 Å². The van der Waals surface area contributed by atoms with Crippen LogP contribution in [0.4, 0.5) is 0 Å². The summed E-state index contributed by atoms with van der Waals surface area (Å²) < 4.78 is 11.8. The molecule has 1 aliphatic heterocycles. The number of methoxy groups -OCH3 is 1. The predicted molar refractivity (Wildman–Crippen MR) is 101 cm³/mol. The number of hydrogen-bond donors (Lipinski definition) is 1. The molecule has 0 saturated heterocycles. The van der Waals surface area contributed by atoms with Crippen LogP contribution in [0.1, 0.15) is 58.9 Å². The number of hydrogen-bond acceptors (Lipinski definition) is 3. The Labute approximate surface area is 152 Å². The van der Waals surface area contributed by atoms with Gasteiger partial charge in [0.25, 0.3) is 0 Å². The van der Waals surface area contributed by atoms with Crippen LogP contribution in [0.25, 0.3) is 0 Å². The zero-order chi connectivity index (χ0) is 18.4. The quantitative estimate of drug-likeness (QED) is 0.730. The Morgan fingerprint density at radius 1 is 1.28 bits per heavy atom. The van der Waals surface area contributed by atoms with Crippen LogP contribution in [0, 0.1) is 23.7 Å². The molecule has 1 aromatic rings. The molecule has 3 nitrogen and oxygen atoms in total. The Balaban J connectivity index is 2.10. The zero-order valence-corrected chi connectivity index (χ0v) is 16.4. The first-order valence-electron chi connectivity index (χ1n) is 9.54. The smallest absolute Gasteiger partial charge is 0.131 e. The van der Waals surface area contributed by atoms with Gasteiger partial charge in [0, 0.05) is 23.6 Å². The molecule has 2 aliphatic rings. The molecule has 1 N–H and O–H groups in total. The van der Waals surface area contributed by atoms with Gasteiger partial charge in [-0.1, -0.05) is 33.8 Å². The third kappa shape index (κ3) is 3.26. The molecule has 4 atom stereocenters. The summed E-state index contributed by atoms with van der Waals surface area (Å²) in [6.07, 6.45) is 6.75. The van der Waals surface area contributed by atoms with Gasteiger partial charge >= 0.3 is 0 Å². The maximum Gasteiger partial charge on any atom is 0.131 e. The minimum atomic E-state index is -0.323. The van der Waals surface area contributed by atoms with E-state index >= 15 is 0 Å². The molecule has 0 fully saturated rings. The number of phenols is 1. The Morgan fingerprint density at radius 2 is 2.00 bits per heavy atom. The molecule has 1 heterocycles. The first-order valence-corrected chi connectivity index (χ1v) is 9.54. The van der Waals surface area contributed by atoms with E-state index in [1.165, 1.54) is 0 Å². The lowest BCUT2D eigenvalue weighted by Crippen LogP contribution is -2.48. The number of allylic oxidation sites excluding steroid dienone is 1. The molecular weight excluding hydrogens is 312 g/mol. The molecular formula is C22H32O3. The average Bonchev–Trinajstić information content (AvgIpc) is 2.52. The van der Waals surface area contributed by atoms with E-state index < -0.39 is 0 Å². The van der Waals surface area contributed by atoms with Crippen molar-refractivity contribution in [1.82, 2.24) is 0 Å². The molecule has 4 unspecified atom stereocenters. The standard InChI is InChI=1S/C22H32O3/c1-13(2)9-17-18-10-15(14(3)4)7-8-22(18,5)25-20-12-16(24-6)11-19(23)21(17)20/h7-8,11-15,17-18,23H,9-10H2,1-6H3. The largest absolute Gasteiger partial charge is 0.507 e. The molecule has 0 saturated carbocycles. The molecule has 0 spiro atoms. The lowest BCUT2D eigenvalue weighted by Gasteiger charge is -2.49. The summed E-state index contributed by atoms with van der Waals surface area (Å²) in [5.41, 5.74) is 0.645. The zero-order valence-electron chi connectivity index (χ0n) is 16.4. The van der Waals surface area contributed by atoms with Crippen molar-refractivity contribution in [2.24, 2.45) is 23.7 Å². The van der Waals surface area contributed by atoms with Gasteiger partial charge in [-0.2, -0.15) is 0 Å². The van der Waals surface area contributed by atoms with Gasteiger partial charge in [-0.15, -0.1) is 0 Å². The third-order valence-electron chi connectivity index (χ3n) is 6.03. The Kier molecular flexibility index (Phi) is 4.78. The maximum atomic E-state index is 10.7. The van der Waals surface area contributed by atoms with Crippen LogP contribution in [0.15, 0.2) is 24.3 Å². The number of aromatic hydroxyl groups is 1. The van der Waals surface area contributed by atoms with Gasteiger partial charge in [0.05, 0.1) is 7.11 Å². The second kappa shape index (κ2) is 6.59. The highest BCUT2D eigenvalue weighted by molar-refractivity contribution is 5.54. The summed E-state index contributed by atoms with van der Waals surface area (Å²) in [6, 6.07) is 3.64. The van der Waals surface area contributed by atoms with Crippen molar-refractivity contribution in [1.29, 1.82) is 0 Å². The van der Waals surface area contributed by atoms with Gasteiger partial charge < -0.3 is 14.6 Å². The molecule has 1 aromatic carbocycles. The van der Waals surface area contributed by atoms with Crippen molar-refractivity contribution in [3.63, 3.8) is 0 Å². The van der Waals surface area contributed by atoms with E-state index in [-0.39, 0.29) is 5.60 Å². The van der Waals surface area contributed by atoms with Crippen LogP contribution in [0.5, 0.6) is 17.2 Å². The second-order valence-corrected chi connectivity index (χ2v) is 8.69. The van der Waals surface area contributed by atoms with Gasteiger partial charge in [0.15, 0.2) is 0 Å². The van der Waals surface area contributed by atoms with Crippen LogP contribution in [-0.4, -0.2) is 17.8 Å². The van der Waals surface area contributed by atoms with Gasteiger partial charge in [0.2, 0.25) is 0 Å². The van der Waals surface area contributed by atoms with Crippen molar-refractivity contribution in [2.45, 2.75) is 59.0 Å². The molecule has 25 heavy (non-hydrogen) atoms. The summed E-state index contributed by atoms with van der Waals surface area (Å²) in [7, 11) is 1.62. The highest BCUT2D eigenvalue weighted by Gasteiger charge is 2.49. The molecule has 138 valence electrons. The average molecular weight is 344 g/mol.